The zero-order valence-corrected chi connectivity index (χ0v) is 15.4. The predicted molar refractivity (Wildman–Crippen MR) is 106 cm³/mol. The van der Waals surface area contributed by atoms with Crippen LogP contribution in [-0.2, 0) is 6.42 Å². The molecule has 0 atom stereocenters. The number of amides is 1. The van der Waals surface area contributed by atoms with Gasteiger partial charge in [-0.05, 0) is 42.3 Å². The van der Waals surface area contributed by atoms with Crippen molar-refractivity contribution in [2.75, 3.05) is 6.54 Å². The highest BCUT2D eigenvalue weighted by Crippen LogP contribution is 2.33. The number of hydrogen-bond donors (Lipinski definition) is 1. The summed E-state index contributed by atoms with van der Waals surface area (Å²) in [6.45, 7) is 0.523. The third kappa shape index (κ3) is 3.23. The Hall–Kier alpha value is -2.63. The van der Waals surface area contributed by atoms with Gasteiger partial charge in [-0.2, -0.15) is 0 Å². The second-order valence-corrected chi connectivity index (χ2v) is 7.23. The second kappa shape index (κ2) is 7.32. The lowest BCUT2D eigenvalue weighted by Crippen LogP contribution is -2.25. The zero-order valence-electron chi connectivity index (χ0n) is 13.9. The third-order valence-electron chi connectivity index (χ3n) is 4.15. The van der Waals surface area contributed by atoms with Gasteiger partial charge < -0.3 is 9.88 Å². The monoisotopic (exact) mass is 381 g/mol. The molecule has 1 amide bonds. The number of halogens is 1. The Balaban J connectivity index is 1.59. The number of pyridine rings is 1. The topological polar surface area (TPSA) is 46.9 Å². The van der Waals surface area contributed by atoms with Crippen LogP contribution in [0.15, 0.2) is 67.1 Å². The van der Waals surface area contributed by atoms with E-state index in [0.717, 1.165) is 26.5 Å². The molecule has 130 valence electrons. The lowest BCUT2D eigenvalue weighted by molar-refractivity contribution is 0.0958. The van der Waals surface area contributed by atoms with Crippen molar-refractivity contribution in [1.82, 2.24) is 14.9 Å². The summed E-state index contributed by atoms with van der Waals surface area (Å²) in [4.78, 5) is 18.7. The minimum atomic E-state index is -0.0937. The molecule has 0 aliphatic carbocycles. The number of aromatic nitrogens is 2. The Labute approximate surface area is 160 Å². The molecule has 0 aliphatic rings. The highest BCUT2D eigenvalue weighted by molar-refractivity contribution is 7.21. The van der Waals surface area contributed by atoms with Crippen molar-refractivity contribution in [3.63, 3.8) is 0 Å². The summed E-state index contributed by atoms with van der Waals surface area (Å²) >= 11 is 7.59. The van der Waals surface area contributed by atoms with Crippen LogP contribution in [0, 0.1) is 0 Å². The van der Waals surface area contributed by atoms with Gasteiger partial charge in [-0.3, -0.25) is 4.79 Å². The molecule has 0 saturated heterocycles. The standard InChI is InChI=1S/C20H16ClN3OS/c21-16-8-2-1-6-14(16)9-11-22-19(25)18-17(24-12-3-4-13-24)15-7-5-10-23-20(15)26-18/h1-8,10,12-13H,9,11H2,(H,22,25). The fourth-order valence-electron chi connectivity index (χ4n) is 2.91. The smallest absolute Gasteiger partial charge is 0.263 e. The Morgan fingerprint density at radius 1 is 1.12 bits per heavy atom. The van der Waals surface area contributed by atoms with E-state index in [1.807, 2.05) is 65.5 Å². The summed E-state index contributed by atoms with van der Waals surface area (Å²) in [5, 5.41) is 4.71. The Kier molecular flexibility index (Phi) is 4.73. The lowest BCUT2D eigenvalue weighted by Gasteiger charge is -2.08. The average molecular weight is 382 g/mol. The molecule has 0 radical (unpaired) electrons. The largest absolute Gasteiger partial charge is 0.351 e. The number of benzene rings is 1. The van der Waals surface area contributed by atoms with E-state index in [-0.39, 0.29) is 5.91 Å². The highest BCUT2D eigenvalue weighted by atomic mass is 35.5. The molecule has 3 heterocycles. The van der Waals surface area contributed by atoms with Gasteiger partial charge in [0, 0.05) is 35.5 Å². The van der Waals surface area contributed by atoms with Crippen molar-refractivity contribution in [2.24, 2.45) is 0 Å². The molecular weight excluding hydrogens is 366 g/mol. The van der Waals surface area contributed by atoms with Gasteiger partial charge in [0.05, 0.1) is 5.69 Å². The summed E-state index contributed by atoms with van der Waals surface area (Å²) in [7, 11) is 0. The van der Waals surface area contributed by atoms with E-state index in [4.69, 9.17) is 11.6 Å². The van der Waals surface area contributed by atoms with Gasteiger partial charge in [-0.1, -0.05) is 29.8 Å². The Bertz CT molecular complexity index is 1060. The van der Waals surface area contributed by atoms with Crippen LogP contribution >= 0.6 is 22.9 Å². The molecule has 0 saturated carbocycles. The van der Waals surface area contributed by atoms with E-state index in [0.29, 0.717) is 17.8 Å². The molecule has 4 nitrogen and oxygen atoms in total. The van der Waals surface area contributed by atoms with Crippen molar-refractivity contribution in [3.05, 3.63) is 82.6 Å². The van der Waals surface area contributed by atoms with Crippen LogP contribution in [0.1, 0.15) is 15.2 Å². The number of fused-ring (bicyclic) bond motifs is 1. The van der Waals surface area contributed by atoms with E-state index < -0.39 is 0 Å². The van der Waals surface area contributed by atoms with E-state index in [2.05, 4.69) is 10.3 Å². The van der Waals surface area contributed by atoms with Gasteiger partial charge in [0.2, 0.25) is 0 Å². The van der Waals surface area contributed by atoms with Crippen molar-refractivity contribution in [2.45, 2.75) is 6.42 Å². The van der Waals surface area contributed by atoms with Crippen LogP contribution in [0.25, 0.3) is 15.9 Å². The van der Waals surface area contributed by atoms with E-state index in [1.165, 1.54) is 11.3 Å². The van der Waals surface area contributed by atoms with Crippen LogP contribution in [0.5, 0.6) is 0 Å². The normalized spacial score (nSPS) is 11.0. The molecule has 0 fully saturated rings. The van der Waals surface area contributed by atoms with E-state index in [9.17, 15) is 4.79 Å². The third-order valence-corrected chi connectivity index (χ3v) is 5.62. The molecular formula is C20H16ClN3OS. The number of nitrogens with zero attached hydrogens (tertiary/aromatic N) is 2. The molecule has 0 unspecified atom stereocenters. The molecule has 0 spiro atoms. The van der Waals surface area contributed by atoms with Gasteiger partial charge in [0.1, 0.15) is 9.71 Å². The van der Waals surface area contributed by atoms with Crippen LogP contribution < -0.4 is 5.32 Å². The molecule has 4 aromatic rings. The van der Waals surface area contributed by atoms with Crippen molar-refractivity contribution in [1.29, 1.82) is 0 Å². The molecule has 1 N–H and O–H groups in total. The molecule has 0 bridgehead atoms. The predicted octanol–water partition coefficient (Wildman–Crippen LogP) is 4.71. The molecule has 1 aromatic carbocycles. The minimum absolute atomic E-state index is 0.0937. The number of rotatable bonds is 5. The fraction of sp³-hybridized carbons (Fsp3) is 0.100. The maximum atomic E-state index is 12.8. The number of carbonyl (C=O) groups is 1. The summed E-state index contributed by atoms with van der Waals surface area (Å²) in [5.74, 6) is -0.0937. The number of hydrogen-bond acceptors (Lipinski definition) is 3. The first-order valence-electron chi connectivity index (χ1n) is 8.26. The highest BCUT2D eigenvalue weighted by Gasteiger charge is 2.19. The zero-order chi connectivity index (χ0) is 17.9. The number of carbonyl (C=O) groups excluding carboxylic acids is 1. The summed E-state index contributed by atoms with van der Waals surface area (Å²) in [6, 6.07) is 15.5. The second-order valence-electron chi connectivity index (χ2n) is 5.82. The van der Waals surface area contributed by atoms with Gasteiger partial charge in [-0.15, -0.1) is 11.3 Å². The number of thiophene rings is 1. The lowest BCUT2D eigenvalue weighted by atomic mass is 10.1. The summed E-state index contributed by atoms with van der Waals surface area (Å²) in [6.07, 6.45) is 6.31. The van der Waals surface area contributed by atoms with Crippen molar-refractivity contribution >= 4 is 39.1 Å². The van der Waals surface area contributed by atoms with Gasteiger partial charge in [0.15, 0.2) is 0 Å². The first-order chi connectivity index (χ1) is 12.7. The summed E-state index contributed by atoms with van der Waals surface area (Å²) < 4.78 is 1.96. The first kappa shape index (κ1) is 16.8. The van der Waals surface area contributed by atoms with Crippen molar-refractivity contribution in [3.8, 4) is 5.69 Å². The van der Waals surface area contributed by atoms with E-state index in [1.54, 1.807) is 6.20 Å². The van der Waals surface area contributed by atoms with Crippen molar-refractivity contribution < 1.29 is 4.79 Å². The molecule has 3 aromatic heterocycles. The van der Waals surface area contributed by atoms with Gasteiger partial charge >= 0.3 is 0 Å². The average Bonchev–Trinajstić information content (AvgIpc) is 3.30. The van der Waals surface area contributed by atoms with Crippen LogP contribution in [0.3, 0.4) is 0 Å². The fourth-order valence-corrected chi connectivity index (χ4v) is 4.19. The maximum absolute atomic E-state index is 12.8. The first-order valence-corrected chi connectivity index (χ1v) is 9.46. The Morgan fingerprint density at radius 2 is 1.92 bits per heavy atom. The molecule has 26 heavy (non-hydrogen) atoms. The summed E-state index contributed by atoms with van der Waals surface area (Å²) in [5.41, 5.74) is 1.90. The molecule has 6 heteroatoms. The van der Waals surface area contributed by atoms with Crippen LogP contribution in [-0.4, -0.2) is 22.0 Å². The van der Waals surface area contributed by atoms with E-state index >= 15 is 0 Å². The van der Waals surface area contributed by atoms with Gasteiger partial charge in [0.25, 0.3) is 5.91 Å². The quantitative estimate of drug-likeness (QED) is 0.544. The minimum Gasteiger partial charge on any atom is -0.351 e. The van der Waals surface area contributed by atoms with Gasteiger partial charge in [-0.25, -0.2) is 4.98 Å². The number of nitrogens with one attached hydrogen (secondary N) is 1. The maximum Gasteiger partial charge on any atom is 0.263 e. The van der Waals surface area contributed by atoms with Crippen LogP contribution in [0.2, 0.25) is 5.02 Å². The molecule has 0 aliphatic heterocycles. The molecule has 4 rings (SSSR count). The van der Waals surface area contributed by atoms with Crippen LogP contribution in [0.4, 0.5) is 0 Å². The SMILES string of the molecule is O=C(NCCc1ccccc1Cl)c1sc2ncccc2c1-n1cccc1. The Morgan fingerprint density at radius 3 is 2.73 bits per heavy atom.